The zero-order chi connectivity index (χ0) is 20.1. The number of halogens is 3. The molecular formula is C18H25F3N4O3. The Morgan fingerprint density at radius 3 is 2.50 bits per heavy atom. The van der Waals surface area contributed by atoms with Crippen molar-refractivity contribution in [3.8, 4) is 0 Å². The number of fused-ring (bicyclic) bond motifs is 1. The van der Waals surface area contributed by atoms with Gasteiger partial charge in [0.25, 0.3) is 0 Å². The van der Waals surface area contributed by atoms with Crippen LogP contribution in [-0.2, 0) is 22.4 Å². The molecule has 1 aliphatic carbocycles. The predicted molar refractivity (Wildman–Crippen MR) is 95.2 cm³/mol. The molecule has 2 fully saturated rings. The molecule has 0 bridgehead atoms. The summed E-state index contributed by atoms with van der Waals surface area (Å²) in [6, 6.07) is 1.24. The molecule has 1 saturated carbocycles. The van der Waals surface area contributed by atoms with Gasteiger partial charge in [0.15, 0.2) is 0 Å². The highest BCUT2D eigenvalue weighted by molar-refractivity contribution is 5.73. The van der Waals surface area contributed by atoms with E-state index >= 15 is 0 Å². The zero-order valence-electron chi connectivity index (χ0n) is 15.5. The summed E-state index contributed by atoms with van der Waals surface area (Å²) < 4.78 is 37.3. The van der Waals surface area contributed by atoms with Crippen LogP contribution in [0.5, 0.6) is 0 Å². The van der Waals surface area contributed by atoms with Crippen LogP contribution in [0.1, 0.15) is 36.9 Å². The lowest BCUT2D eigenvalue weighted by Gasteiger charge is -2.28. The third-order valence-corrected chi connectivity index (χ3v) is 5.43. The number of alkyl halides is 3. The number of hydrogen-bond acceptors (Lipinski definition) is 6. The number of ether oxygens (including phenoxy) is 1. The molecule has 1 saturated heterocycles. The molecular weight excluding hydrogens is 377 g/mol. The minimum Gasteiger partial charge on any atom is -0.475 e. The minimum absolute atomic E-state index is 0.607. The molecule has 3 heterocycles. The first-order valence-electron chi connectivity index (χ1n) is 9.56. The third kappa shape index (κ3) is 5.32. The number of nitrogens with zero attached hydrogens (tertiary/aromatic N) is 3. The molecule has 1 atom stereocenters. The van der Waals surface area contributed by atoms with Crippen molar-refractivity contribution in [2.45, 2.75) is 56.8 Å². The van der Waals surface area contributed by atoms with Crippen molar-refractivity contribution < 1.29 is 27.8 Å². The van der Waals surface area contributed by atoms with Crippen LogP contribution in [0, 0.1) is 0 Å². The summed E-state index contributed by atoms with van der Waals surface area (Å²) in [7, 11) is 0. The van der Waals surface area contributed by atoms with Gasteiger partial charge in [0, 0.05) is 43.8 Å². The van der Waals surface area contributed by atoms with Crippen molar-refractivity contribution in [2.75, 3.05) is 31.6 Å². The minimum atomic E-state index is -5.08. The van der Waals surface area contributed by atoms with Gasteiger partial charge in [-0.25, -0.2) is 14.8 Å². The molecule has 2 N–H and O–H groups in total. The maximum atomic E-state index is 10.6. The van der Waals surface area contributed by atoms with E-state index in [1.54, 1.807) is 6.33 Å². The Morgan fingerprint density at radius 1 is 1.21 bits per heavy atom. The predicted octanol–water partition coefficient (Wildman–Crippen LogP) is 2.26. The van der Waals surface area contributed by atoms with Crippen molar-refractivity contribution in [1.29, 1.82) is 0 Å². The first kappa shape index (κ1) is 20.8. The number of hydrogen-bond donors (Lipinski definition) is 2. The quantitative estimate of drug-likeness (QED) is 0.802. The van der Waals surface area contributed by atoms with Crippen molar-refractivity contribution >= 4 is 11.8 Å². The lowest BCUT2D eigenvalue weighted by molar-refractivity contribution is -0.192. The number of rotatable bonds is 3. The van der Waals surface area contributed by atoms with E-state index in [2.05, 4.69) is 20.2 Å². The van der Waals surface area contributed by atoms with Crippen LogP contribution in [0.15, 0.2) is 6.33 Å². The highest BCUT2D eigenvalue weighted by atomic mass is 19.4. The van der Waals surface area contributed by atoms with Crippen LogP contribution in [0.4, 0.5) is 19.0 Å². The van der Waals surface area contributed by atoms with Gasteiger partial charge in [0.05, 0.1) is 12.3 Å². The van der Waals surface area contributed by atoms with Crippen molar-refractivity contribution in [1.82, 2.24) is 14.9 Å². The van der Waals surface area contributed by atoms with Crippen molar-refractivity contribution in [3.63, 3.8) is 0 Å². The fourth-order valence-corrected chi connectivity index (χ4v) is 3.59. The molecule has 0 aromatic carbocycles. The van der Waals surface area contributed by atoms with Crippen LogP contribution < -0.4 is 5.32 Å². The van der Waals surface area contributed by atoms with Crippen molar-refractivity contribution in [2.24, 2.45) is 0 Å². The van der Waals surface area contributed by atoms with E-state index in [4.69, 9.17) is 14.6 Å². The molecule has 28 heavy (non-hydrogen) atoms. The highest BCUT2D eigenvalue weighted by Crippen LogP contribution is 2.27. The van der Waals surface area contributed by atoms with Gasteiger partial charge in [-0.1, -0.05) is 0 Å². The summed E-state index contributed by atoms with van der Waals surface area (Å²) in [4.78, 5) is 20.5. The summed E-state index contributed by atoms with van der Waals surface area (Å²) in [6.07, 6.45) is 3.83. The first-order valence-corrected chi connectivity index (χ1v) is 9.56. The SMILES string of the molecule is O=C(O)C(F)(F)F.c1nc2c(c(NC3CCC3)n1)CCN(C1CCOC1)CC2. The van der Waals surface area contributed by atoms with Gasteiger partial charge in [0.1, 0.15) is 12.1 Å². The Balaban J connectivity index is 0.000000279. The van der Waals surface area contributed by atoms with Gasteiger partial charge in [0.2, 0.25) is 0 Å². The fourth-order valence-electron chi connectivity index (χ4n) is 3.59. The van der Waals surface area contributed by atoms with E-state index in [0.717, 1.165) is 45.0 Å². The molecule has 1 unspecified atom stereocenters. The maximum Gasteiger partial charge on any atom is 0.490 e. The largest absolute Gasteiger partial charge is 0.490 e. The van der Waals surface area contributed by atoms with E-state index in [1.807, 2.05) is 0 Å². The molecule has 10 heteroatoms. The second kappa shape index (κ2) is 9.04. The lowest BCUT2D eigenvalue weighted by atomic mass is 9.93. The summed E-state index contributed by atoms with van der Waals surface area (Å²) in [5.41, 5.74) is 2.60. The number of carbonyl (C=O) groups is 1. The molecule has 0 radical (unpaired) electrons. The van der Waals surface area contributed by atoms with E-state index in [0.29, 0.717) is 12.1 Å². The van der Waals surface area contributed by atoms with Crippen LogP contribution in [0.3, 0.4) is 0 Å². The number of carboxylic acid groups (broad SMARTS) is 1. The molecule has 3 aliphatic rings. The lowest BCUT2D eigenvalue weighted by Crippen LogP contribution is -2.37. The summed E-state index contributed by atoms with van der Waals surface area (Å²) in [5, 5.41) is 10.7. The first-order chi connectivity index (χ1) is 13.3. The molecule has 1 aromatic rings. The molecule has 156 valence electrons. The third-order valence-electron chi connectivity index (χ3n) is 5.43. The molecule has 2 aliphatic heterocycles. The molecule has 4 rings (SSSR count). The number of carboxylic acids is 1. The number of aliphatic carboxylic acids is 1. The van der Waals surface area contributed by atoms with Crippen molar-refractivity contribution in [3.05, 3.63) is 17.6 Å². The standard InChI is InChI=1S/C16H24N4O.C2HF3O2/c1-2-12(3-1)19-16-14-4-7-20(13-6-9-21-10-13)8-5-15(14)17-11-18-16;3-2(4,5)1(6)7/h11-13H,1-10H2,(H,17,18,19);(H,6,7). The second-order valence-corrected chi connectivity index (χ2v) is 7.28. The Kier molecular flexibility index (Phi) is 6.71. The maximum absolute atomic E-state index is 10.6. The molecule has 1 aromatic heterocycles. The zero-order valence-corrected chi connectivity index (χ0v) is 15.5. The van der Waals surface area contributed by atoms with E-state index < -0.39 is 12.1 Å². The Morgan fingerprint density at radius 2 is 1.93 bits per heavy atom. The van der Waals surface area contributed by atoms with Gasteiger partial charge >= 0.3 is 12.1 Å². The van der Waals surface area contributed by atoms with Gasteiger partial charge in [-0.3, -0.25) is 4.90 Å². The van der Waals surface area contributed by atoms with Crippen LogP contribution in [0.25, 0.3) is 0 Å². The Bertz CT molecular complexity index is 677. The number of nitrogens with one attached hydrogen (secondary N) is 1. The van der Waals surface area contributed by atoms with Gasteiger partial charge in [-0.2, -0.15) is 13.2 Å². The number of anilines is 1. The Labute approximate surface area is 161 Å². The topological polar surface area (TPSA) is 87.6 Å². The summed E-state index contributed by atoms with van der Waals surface area (Å²) in [6.45, 7) is 4.02. The monoisotopic (exact) mass is 402 g/mol. The van der Waals surface area contributed by atoms with E-state index in [9.17, 15) is 13.2 Å². The van der Waals surface area contributed by atoms with Gasteiger partial charge in [-0.15, -0.1) is 0 Å². The summed E-state index contributed by atoms with van der Waals surface area (Å²) in [5.74, 6) is -1.67. The normalized spacial score (nSPS) is 23.0. The van der Waals surface area contributed by atoms with E-state index in [1.165, 1.54) is 36.9 Å². The smallest absolute Gasteiger partial charge is 0.475 e. The number of aromatic nitrogens is 2. The Hall–Kier alpha value is -1.94. The van der Waals surface area contributed by atoms with Gasteiger partial charge < -0.3 is 15.2 Å². The molecule has 7 nitrogen and oxygen atoms in total. The average molecular weight is 402 g/mol. The fraction of sp³-hybridized carbons (Fsp3) is 0.722. The van der Waals surface area contributed by atoms with Crippen LogP contribution in [0.2, 0.25) is 0 Å². The van der Waals surface area contributed by atoms with E-state index in [-0.39, 0.29) is 0 Å². The average Bonchev–Trinajstić information content (AvgIpc) is 3.05. The van der Waals surface area contributed by atoms with Crippen LogP contribution in [-0.4, -0.2) is 70.5 Å². The van der Waals surface area contributed by atoms with Gasteiger partial charge in [-0.05, 0) is 32.1 Å². The highest BCUT2D eigenvalue weighted by Gasteiger charge is 2.38. The van der Waals surface area contributed by atoms with Crippen LogP contribution >= 0.6 is 0 Å². The molecule has 0 spiro atoms. The molecule has 0 amide bonds. The summed E-state index contributed by atoms with van der Waals surface area (Å²) >= 11 is 0. The second-order valence-electron chi connectivity index (χ2n) is 7.28.